The predicted octanol–water partition coefficient (Wildman–Crippen LogP) is 1.69. The van der Waals surface area contributed by atoms with Crippen LogP contribution in [0.3, 0.4) is 0 Å². The summed E-state index contributed by atoms with van der Waals surface area (Å²) in [5.41, 5.74) is 1.82. The summed E-state index contributed by atoms with van der Waals surface area (Å²) < 4.78 is 2.04. The lowest BCUT2D eigenvalue weighted by Gasteiger charge is -2.43. The van der Waals surface area contributed by atoms with Gasteiger partial charge in [0.2, 0.25) is 5.91 Å². The number of amides is 1. The van der Waals surface area contributed by atoms with E-state index in [4.69, 9.17) is 0 Å². The molecular formula is C20H19N2O4S+. The highest BCUT2D eigenvalue weighted by molar-refractivity contribution is 8.09. The Morgan fingerprint density at radius 1 is 1.26 bits per heavy atom. The van der Waals surface area contributed by atoms with Crippen molar-refractivity contribution in [1.29, 1.82) is 0 Å². The molecule has 1 aromatic carbocycles. The number of nitrogens with zero attached hydrogens (tertiary/aromatic N) is 2. The third kappa shape index (κ3) is 3.02. The number of rotatable bonds is 5. The van der Waals surface area contributed by atoms with Crippen molar-refractivity contribution >= 4 is 28.5 Å². The maximum absolute atomic E-state index is 12.3. The van der Waals surface area contributed by atoms with Gasteiger partial charge in [0, 0.05) is 22.6 Å². The zero-order valence-electron chi connectivity index (χ0n) is 14.6. The number of aliphatic hydroxyl groups is 1. The lowest BCUT2D eigenvalue weighted by Crippen LogP contribution is -2.60. The van der Waals surface area contributed by atoms with Crippen LogP contribution in [0.5, 0.6) is 0 Å². The van der Waals surface area contributed by atoms with Gasteiger partial charge in [-0.25, -0.2) is 9.36 Å². The molecule has 2 aromatic rings. The van der Waals surface area contributed by atoms with Crippen LogP contribution in [0.15, 0.2) is 60.6 Å². The van der Waals surface area contributed by atoms with Crippen molar-refractivity contribution in [2.24, 2.45) is 5.92 Å². The minimum absolute atomic E-state index is 0.0106. The van der Waals surface area contributed by atoms with Gasteiger partial charge in [-0.15, -0.1) is 0 Å². The average Bonchev–Trinajstić information content (AvgIpc) is 2.98. The summed E-state index contributed by atoms with van der Waals surface area (Å²) in [5, 5.41) is 19.2. The summed E-state index contributed by atoms with van der Waals surface area (Å²) in [4.78, 5) is 26.1. The van der Waals surface area contributed by atoms with E-state index in [9.17, 15) is 19.8 Å². The molecule has 3 heterocycles. The maximum atomic E-state index is 12.3. The molecular weight excluding hydrogens is 364 g/mol. The molecule has 0 spiro atoms. The van der Waals surface area contributed by atoms with E-state index in [0.29, 0.717) is 11.4 Å². The van der Waals surface area contributed by atoms with Crippen molar-refractivity contribution in [3.63, 3.8) is 0 Å². The van der Waals surface area contributed by atoms with E-state index in [1.165, 1.54) is 16.7 Å². The second kappa shape index (κ2) is 6.83. The molecule has 7 heteroatoms. The zero-order valence-corrected chi connectivity index (χ0v) is 15.5. The van der Waals surface area contributed by atoms with Gasteiger partial charge in [-0.3, -0.25) is 9.69 Å². The number of hydrogen-bond donors (Lipinski definition) is 2. The Bertz CT molecular complexity index is 942. The second-order valence-electron chi connectivity index (χ2n) is 6.71. The first-order valence-electron chi connectivity index (χ1n) is 8.66. The molecule has 0 radical (unpaired) electrons. The summed E-state index contributed by atoms with van der Waals surface area (Å²) in [6.45, 7) is 2.23. The smallest absolute Gasteiger partial charge is 0.353 e. The van der Waals surface area contributed by atoms with Crippen molar-refractivity contribution in [3.05, 3.63) is 71.7 Å². The molecule has 6 nitrogen and oxygen atoms in total. The monoisotopic (exact) mass is 383 g/mol. The Morgan fingerprint density at radius 3 is 2.67 bits per heavy atom. The van der Waals surface area contributed by atoms with E-state index in [1.54, 1.807) is 6.92 Å². The highest BCUT2D eigenvalue weighted by Gasteiger charge is 2.57. The molecule has 0 aliphatic carbocycles. The van der Waals surface area contributed by atoms with Crippen molar-refractivity contribution in [2.45, 2.75) is 24.9 Å². The SMILES string of the molecule is C[C@@H](O)[C@H]1C(=O)N2C(C(=O)O)=C(c3cccc(C[n+]4ccccc4)c3)S[C@H]12. The number of aromatic nitrogens is 1. The van der Waals surface area contributed by atoms with Gasteiger partial charge in [0.1, 0.15) is 11.1 Å². The Kier molecular flexibility index (Phi) is 4.49. The molecule has 2 aliphatic rings. The van der Waals surface area contributed by atoms with Gasteiger partial charge < -0.3 is 10.2 Å². The maximum Gasteiger partial charge on any atom is 0.353 e. The minimum atomic E-state index is -1.12. The van der Waals surface area contributed by atoms with Crippen molar-refractivity contribution < 1.29 is 24.4 Å². The first-order valence-corrected chi connectivity index (χ1v) is 9.54. The van der Waals surface area contributed by atoms with Crippen LogP contribution in [-0.2, 0) is 16.1 Å². The first-order chi connectivity index (χ1) is 13.0. The summed E-state index contributed by atoms with van der Waals surface area (Å²) in [5.74, 6) is -2.02. The van der Waals surface area contributed by atoms with Gasteiger partial charge in [0.05, 0.1) is 12.0 Å². The standard InChI is InChI=1S/C20H18N2O4S/c1-12(23)15-18(24)22-16(20(25)26)17(27-19(15)22)14-7-5-6-13(10-14)11-21-8-3-2-4-9-21/h2-10,12,15,19,23H,11H2,1H3/p+1/t12-,15+,19-/m1/s1. The Hall–Kier alpha value is -2.64. The molecule has 1 fully saturated rings. The highest BCUT2D eigenvalue weighted by atomic mass is 32.2. The number of thioether (sulfide) groups is 1. The number of carbonyl (C=O) groups excluding carboxylic acids is 1. The minimum Gasteiger partial charge on any atom is -0.477 e. The molecule has 2 aliphatic heterocycles. The number of carboxylic acid groups (broad SMARTS) is 1. The summed E-state index contributed by atoms with van der Waals surface area (Å²) in [7, 11) is 0. The molecule has 2 N–H and O–H groups in total. The quantitative estimate of drug-likeness (QED) is 0.607. The van der Waals surface area contributed by atoms with Gasteiger partial charge >= 0.3 is 5.97 Å². The lowest BCUT2D eigenvalue weighted by molar-refractivity contribution is -0.688. The van der Waals surface area contributed by atoms with Crippen molar-refractivity contribution in [1.82, 2.24) is 4.90 Å². The van der Waals surface area contributed by atoms with Gasteiger partial charge in [0.15, 0.2) is 18.9 Å². The number of aliphatic carboxylic acids is 1. The second-order valence-corrected chi connectivity index (χ2v) is 7.84. The van der Waals surface area contributed by atoms with Gasteiger partial charge in [-0.2, -0.15) is 0 Å². The van der Waals surface area contributed by atoms with Crippen LogP contribution in [0.1, 0.15) is 18.1 Å². The molecule has 1 saturated heterocycles. The van der Waals surface area contributed by atoms with Gasteiger partial charge in [0.25, 0.3) is 0 Å². The third-order valence-electron chi connectivity index (χ3n) is 4.83. The van der Waals surface area contributed by atoms with Crippen LogP contribution in [0.2, 0.25) is 0 Å². The fourth-order valence-electron chi connectivity index (χ4n) is 3.55. The van der Waals surface area contributed by atoms with E-state index < -0.39 is 18.0 Å². The van der Waals surface area contributed by atoms with Crippen LogP contribution >= 0.6 is 11.8 Å². The lowest BCUT2D eigenvalue weighted by atomic mass is 9.92. The molecule has 1 aromatic heterocycles. The molecule has 3 atom stereocenters. The Morgan fingerprint density at radius 2 is 2.00 bits per heavy atom. The topological polar surface area (TPSA) is 81.7 Å². The van der Waals surface area contributed by atoms with Crippen molar-refractivity contribution in [2.75, 3.05) is 0 Å². The number of aliphatic hydroxyl groups excluding tert-OH is 1. The van der Waals surface area contributed by atoms with E-state index in [0.717, 1.165) is 11.1 Å². The van der Waals surface area contributed by atoms with Crippen LogP contribution < -0.4 is 4.57 Å². The number of benzene rings is 1. The largest absolute Gasteiger partial charge is 0.477 e. The van der Waals surface area contributed by atoms with Crippen LogP contribution in [0.25, 0.3) is 4.91 Å². The summed E-state index contributed by atoms with van der Waals surface area (Å²) >= 11 is 1.34. The van der Waals surface area contributed by atoms with Crippen LogP contribution in [0, 0.1) is 5.92 Å². The number of pyridine rings is 1. The van der Waals surface area contributed by atoms with Crippen molar-refractivity contribution in [3.8, 4) is 0 Å². The van der Waals surface area contributed by atoms with E-state index in [-0.39, 0.29) is 17.0 Å². The zero-order chi connectivity index (χ0) is 19.1. The Labute approximate surface area is 160 Å². The number of carbonyl (C=O) groups is 2. The van der Waals surface area contributed by atoms with Crippen LogP contribution in [-0.4, -0.2) is 38.5 Å². The van der Waals surface area contributed by atoms with Gasteiger partial charge in [-0.05, 0) is 18.6 Å². The Balaban J connectivity index is 1.68. The number of hydrogen-bond acceptors (Lipinski definition) is 4. The van der Waals surface area contributed by atoms with E-state index in [1.807, 2.05) is 59.4 Å². The first kappa shape index (κ1) is 17.8. The van der Waals surface area contributed by atoms with Gasteiger partial charge in [-0.1, -0.05) is 36.0 Å². The number of carboxylic acids is 1. The molecule has 0 bridgehead atoms. The molecule has 0 unspecified atom stereocenters. The van der Waals surface area contributed by atoms with E-state index in [2.05, 4.69) is 0 Å². The molecule has 1 amide bonds. The third-order valence-corrected chi connectivity index (χ3v) is 6.24. The molecule has 4 rings (SSSR count). The van der Waals surface area contributed by atoms with E-state index >= 15 is 0 Å². The fraction of sp³-hybridized carbons (Fsp3) is 0.250. The summed E-state index contributed by atoms with van der Waals surface area (Å²) in [6, 6.07) is 13.6. The average molecular weight is 383 g/mol. The normalized spacial score (nSPS) is 22.4. The molecule has 0 saturated carbocycles. The number of fused-ring (bicyclic) bond motifs is 1. The predicted molar refractivity (Wildman–Crippen MR) is 100 cm³/mol. The van der Waals surface area contributed by atoms with Crippen LogP contribution in [0.4, 0.5) is 0 Å². The molecule has 27 heavy (non-hydrogen) atoms. The summed E-state index contributed by atoms with van der Waals surface area (Å²) in [6.07, 6.45) is 3.13. The highest BCUT2D eigenvalue weighted by Crippen LogP contribution is 2.53. The molecule has 138 valence electrons. The number of β-lactam (4-membered cyclic amide) rings is 1. The fourth-order valence-corrected chi connectivity index (χ4v) is 5.15.